The number of hydrogen-bond acceptors (Lipinski definition) is 4. The van der Waals surface area contributed by atoms with Crippen LogP contribution in [0.1, 0.15) is 49.0 Å². The molecule has 1 unspecified atom stereocenters. The van der Waals surface area contributed by atoms with Crippen molar-refractivity contribution in [1.82, 2.24) is 14.9 Å². The Hall–Kier alpha value is -0.490. The van der Waals surface area contributed by atoms with Crippen LogP contribution in [0.2, 0.25) is 0 Å². The number of aromatic nitrogens is 2. The number of alkyl halides is 1. The van der Waals surface area contributed by atoms with Crippen molar-refractivity contribution in [2.45, 2.75) is 46.1 Å². The molecule has 0 aliphatic rings. The molecule has 0 aliphatic carbocycles. The topological polar surface area (TPSA) is 54.9 Å². The fourth-order valence-corrected chi connectivity index (χ4v) is 2.80. The predicted molar refractivity (Wildman–Crippen MR) is 78.4 cm³/mol. The maximum absolute atomic E-state index is 12.2. The monoisotopic (exact) mass is 333 g/mol. The number of carbonyl (C=O) groups is 1. The molecule has 6 heteroatoms. The molecule has 0 radical (unpaired) electrons. The lowest BCUT2D eigenvalue weighted by Gasteiger charge is -2.17. The van der Waals surface area contributed by atoms with Gasteiger partial charge in [0.1, 0.15) is 4.88 Å². The van der Waals surface area contributed by atoms with Crippen LogP contribution in [0.15, 0.2) is 0 Å². The highest BCUT2D eigenvalue weighted by atomic mass is 79.9. The molecule has 1 atom stereocenters. The summed E-state index contributed by atoms with van der Waals surface area (Å²) < 4.78 is 3.87. The quantitative estimate of drug-likeness (QED) is 0.780. The highest BCUT2D eigenvalue weighted by molar-refractivity contribution is 9.09. The SMILES string of the molecule is CCCc1nnsc1C(=O)NC(CBr)CC(C)C. The zero-order valence-corrected chi connectivity index (χ0v) is 13.5. The Labute approximate surface area is 121 Å². The Kier molecular flexibility index (Phi) is 6.78. The summed E-state index contributed by atoms with van der Waals surface area (Å²) in [6, 6.07) is 0.161. The molecule has 0 spiro atoms. The molecule has 0 saturated heterocycles. The molecule has 0 fully saturated rings. The normalized spacial score (nSPS) is 12.7. The number of halogens is 1. The van der Waals surface area contributed by atoms with Crippen molar-refractivity contribution in [2.75, 3.05) is 5.33 Å². The fourth-order valence-electron chi connectivity index (χ4n) is 1.76. The number of nitrogens with zero attached hydrogens (tertiary/aromatic N) is 2. The molecule has 1 aromatic heterocycles. The van der Waals surface area contributed by atoms with Gasteiger partial charge in [-0.05, 0) is 30.3 Å². The van der Waals surface area contributed by atoms with E-state index in [1.54, 1.807) is 0 Å². The van der Waals surface area contributed by atoms with Gasteiger partial charge in [0, 0.05) is 11.4 Å². The zero-order valence-electron chi connectivity index (χ0n) is 11.1. The van der Waals surface area contributed by atoms with Crippen molar-refractivity contribution in [3.05, 3.63) is 10.6 Å². The summed E-state index contributed by atoms with van der Waals surface area (Å²) in [7, 11) is 0. The van der Waals surface area contributed by atoms with Gasteiger partial charge in [-0.25, -0.2) is 0 Å². The summed E-state index contributed by atoms with van der Waals surface area (Å²) in [4.78, 5) is 12.8. The number of carbonyl (C=O) groups excluding carboxylic acids is 1. The molecule has 0 saturated carbocycles. The third kappa shape index (κ3) is 4.65. The molecule has 0 bridgehead atoms. The van der Waals surface area contributed by atoms with Crippen LogP contribution in [-0.4, -0.2) is 26.9 Å². The lowest BCUT2D eigenvalue weighted by atomic mass is 10.1. The van der Waals surface area contributed by atoms with E-state index in [4.69, 9.17) is 0 Å². The van der Waals surface area contributed by atoms with Crippen LogP contribution in [0.5, 0.6) is 0 Å². The van der Waals surface area contributed by atoms with Gasteiger partial charge in [0.05, 0.1) is 5.69 Å². The average Bonchev–Trinajstić information content (AvgIpc) is 2.76. The fraction of sp³-hybridized carbons (Fsp3) is 0.750. The summed E-state index contributed by atoms with van der Waals surface area (Å²) in [5.74, 6) is 0.515. The highest BCUT2D eigenvalue weighted by Gasteiger charge is 2.19. The van der Waals surface area contributed by atoms with Crippen LogP contribution in [0.25, 0.3) is 0 Å². The maximum Gasteiger partial charge on any atom is 0.265 e. The van der Waals surface area contributed by atoms with E-state index in [-0.39, 0.29) is 11.9 Å². The second kappa shape index (κ2) is 7.84. The summed E-state index contributed by atoms with van der Waals surface area (Å²) in [5, 5.41) is 7.83. The molecule has 1 rings (SSSR count). The molecule has 102 valence electrons. The first kappa shape index (κ1) is 15.6. The van der Waals surface area contributed by atoms with E-state index < -0.39 is 0 Å². The summed E-state index contributed by atoms with van der Waals surface area (Å²) in [6.45, 7) is 6.37. The third-order valence-corrected chi connectivity index (χ3v) is 4.07. The van der Waals surface area contributed by atoms with Gasteiger partial charge < -0.3 is 5.32 Å². The minimum absolute atomic E-state index is 0.0430. The summed E-state index contributed by atoms with van der Waals surface area (Å²) in [6.07, 6.45) is 2.74. The van der Waals surface area contributed by atoms with Gasteiger partial charge in [0.2, 0.25) is 0 Å². The molecule has 1 amide bonds. The molecule has 1 heterocycles. The standard InChI is InChI=1S/C12H20BrN3OS/c1-4-5-10-11(18-16-15-10)12(17)14-9(7-13)6-8(2)3/h8-9H,4-7H2,1-3H3,(H,14,17). The Bertz CT molecular complexity index is 381. The van der Waals surface area contributed by atoms with Gasteiger partial charge in [-0.3, -0.25) is 4.79 Å². The van der Waals surface area contributed by atoms with E-state index in [1.807, 2.05) is 0 Å². The van der Waals surface area contributed by atoms with Crippen molar-refractivity contribution >= 4 is 33.4 Å². The van der Waals surface area contributed by atoms with Crippen LogP contribution in [-0.2, 0) is 6.42 Å². The van der Waals surface area contributed by atoms with Gasteiger partial charge in [0.15, 0.2) is 0 Å². The number of amides is 1. The van der Waals surface area contributed by atoms with Gasteiger partial charge in [-0.15, -0.1) is 5.10 Å². The molecule has 4 nitrogen and oxygen atoms in total. The van der Waals surface area contributed by atoms with Crippen LogP contribution in [0, 0.1) is 5.92 Å². The smallest absolute Gasteiger partial charge is 0.265 e. The van der Waals surface area contributed by atoms with Crippen molar-refractivity contribution in [1.29, 1.82) is 0 Å². The van der Waals surface area contributed by atoms with E-state index >= 15 is 0 Å². The minimum atomic E-state index is -0.0430. The van der Waals surface area contributed by atoms with E-state index in [0.29, 0.717) is 10.8 Å². The van der Waals surface area contributed by atoms with Crippen molar-refractivity contribution in [2.24, 2.45) is 5.92 Å². The van der Waals surface area contributed by atoms with Crippen LogP contribution in [0.4, 0.5) is 0 Å². The lowest BCUT2D eigenvalue weighted by molar-refractivity contribution is 0.0940. The average molecular weight is 334 g/mol. The molecule has 0 aromatic carbocycles. The Morgan fingerprint density at radius 3 is 2.78 bits per heavy atom. The number of nitrogens with one attached hydrogen (secondary N) is 1. The molecule has 1 aromatic rings. The van der Waals surface area contributed by atoms with Crippen LogP contribution >= 0.6 is 27.5 Å². The molecule has 18 heavy (non-hydrogen) atoms. The number of hydrogen-bond donors (Lipinski definition) is 1. The summed E-state index contributed by atoms with van der Waals surface area (Å²) in [5.41, 5.74) is 0.817. The second-order valence-corrected chi connectivity index (χ2v) is 6.15. The Balaban J connectivity index is 2.65. The van der Waals surface area contributed by atoms with Crippen molar-refractivity contribution in [3.63, 3.8) is 0 Å². The second-order valence-electron chi connectivity index (χ2n) is 4.75. The number of rotatable bonds is 7. The van der Waals surface area contributed by atoms with Gasteiger partial charge in [0.25, 0.3) is 5.91 Å². The molecular weight excluding hydrogens is 314 g/mol. The van der Waals surface area contributed by atoms with Gasteiger partial charge in [-0.1, -0.05) is 47.6 Å². The first-order valence-electron chi connectivity index (χ1n) is 6.26. The molecule has 1 N–H and O–H groups in total. The van der Waals surface area contributed by atoms with Gasteiger partial charge >= 0.3 is 0 Å². The molecular formula is C12H20BrN3OS. The Morgan fingerprint density at radius 2 is 2.22 bits per heavy atom. The van der Waals surface area contributed by atoms with Crippen LogP contribution in [0.3, 0.4) is 0 Å². The zero-order chi connectivity index (χ0) is 13.5. The van der Waals surface area contributed by atoms with E-state index in [0.717, 1.165) is 30.3 Å². The first-order valence-corrected chi connectivity index (χ1v) is 8.16. The number of aryl methyl sites for hydroxylation is 1. The molecule has 0 aliphatic heterocycles. The van der Waals surface area contributed by atoms with E-state index in [2.05, 4.69) is 51.6 Å². The lowest BCUT2D eigenvalue weighted by Crippen LogP contribution is -2.37. The predicted octanol–water partition coefficient (Wildman–Crippen LogP) is 3.03. The highest BCUT2D eigenvalue weighted by Crippen LogP contribution is 2.14. The first-order chi connectivity index (χ1) is 8.58. The van der Waals surface area contributed by atoms with Crippen molar-refractivity contribution in [3.8, 4) is 0 Å². The largest absolute Gasteiger partial charge is 0.348 e. The van der Waals surface area contributed by atoms with Crippen molar-refractivity contribution < 1.29 is 4.79 Å². The van der Waals surface area contributed by atoms with Gasteiger partial charge in [-0.2, -0.15) is 0 Å². The minimum Gasteiger partial charge on any atom is -0.348 e. The third-order valence-electron chi connectivity index (χ3n) is 2.53. The van der Waals surface area contributed by atoms with E-state index in [1.165, 1.54) is 11.5 Å². The van der Waals surface area contributed by atoms with Crippen LogP contribution < -0.4 is 5.32 Å². The van der Waals surface area contributed by atoms with E-state index in [9.17, 15) is 4.79 Å². The maximum atomic E-state index is 12.2. The summed E-state index contributed by atoms with van der Waals surface area (Å²) >= 11 is 4.62. The Morgan fingerprint density at radius 1 is 1.50 bits per heavy atom.